The second-order valence-corrected chi connectivity index (χ2v) is 5.72. The summed E-state index contributed by atoms with van der Waals surface area (Å²) in [5, 5.41) is 21.6. The molecule has 0 aliphatic carbocycles. The molecule has 1 aromatic heterocycles. The highest BCUT2D eigenvalue weighted by Gasteiger charge is 2.26. The molecule has 1 fully saturated rings. The van der Waals surface area contributed by atoms with E-state index in [4.69, 9.17) is 15.0 Å². The van der Waals surface area contributed by atoms with E-state index < -0.39 is 0 Å². The normalized spacial score (nSPS) is 19.3. The van der Waals surface area contributed by atoms with Gasteiger partial charge in [0.25, 0.3) is 0 Å². The number of aryl methyl sites for hydroxylation is 1. The monoisotopic (exact) mass is 302 g/mol. The van der Waals surface area contributed by atoms with Crippen molar-refractivity contribution in [3.8, 4) is 12.1 Å². The predicted molar refractivity (Wildman–Crippen MR) is 79.4 cm³/mol. The molecule has 0 amide bonds. The highest BCUT2D eigenvalue weighted by atomic mass is 16.5. The van der Waals surface area contributed by atoms with Crippen molar-refractivity contribution in [3.05, 3.63) is 11.7 Å². The van der Waals surface area contributed by atoms with Crippen LogP contribution in [-0.4, -0.2) is 52.7 Å². The first-order chi connectivity index (χ1) is 10.6. The molecule has 7 heteroatoms. The van der Waals surface area contributed by atoms with Gasteiger partial charge in [0.15, 0.2) is 5.82 Å². The molecular weight excluding hydrogens is 280 g/mol. The van der Waals surface area contributed by atoms with Gasteiger partial charge in [0.2, 0.25) is 5.89 Å². The van der Waals surface area contributed by atoms with Crippen LogP contribution in [0.3, 0.4) is 0 Å². The van der Waals surface area contributed by atoms with E-state index in [0.717, 1.165) is 32.7 Å². The Bertz CT molecular complexity index is 549. The number of rotatable bonds is 6. The summed E-state index contributed by atoms with van der Waals surface area (Å²) in [5.41, 5.74) is 0. The molecule has 0 saturated carbocycles. The van der Waals surface area contributed by atoms with Crippen molar-refractivity contribution in [1.82, 2.24) is 19.9 Å². The molecule has 22 heavy (non-hydrogen) atoms. The van der Waals surface area contributed by atoms with Crippen molar-refractivity contribution in [3.63, 3.8) is 0 Å². The molecule has 1 saturated heterocycles. The summed E-state index contributed by atoms with van der Waals surface area (Å²) in [6, 6.07) is 4.54. The molecule has 0 radical (unpaired) electrons. The largest absolute Gasteiger partial charge is 0.338 e. The smallest absolute Gasteiger partial charge is 0.243 e. The van der Waals surface area contributed by atoms with Gasteiger partial charge in [0.1, 0.15) is 0 Å². The second kappa shape index (κ2) is 7.88. The summed E-state index contributed by atoms with van der Waals surface area (Å²) in [5.74, 6) is 1.27. The SMILES string of the molecule is Cc1noc([C@@H](C)N2CCN(C[C@@H](C#N)CCC#N)CC2)n1. The highest BCUT2D eigenvalue weighted by molar-refractivity contribution is 4.93. The van der Waals surface area contributed by atoms with Gasteiger partial charge < -0.3 is 4.52 Å². The highest BCUT2D eigenvalue weighted by Crippen LogP contribution is 2.20. The van der Waals surface area contributed by atoms with Crippen LogP contribution in [0.2, 0.25) is 0 Å². The molecule has 1 aliphatic rings. The van der Waals surface area contributed by atoms with Crippen LogP contribution < -0.4 is 0 Å². The lowest BCUT2D eigenvalue weighted by atomic mass is 10.0. The fourth-order valence-electron chi connectivity index (χ4n) is 2.72. The van der Waals surface area contributed by atoms with Crippen molar-refractivity contribution in [2.45, 2.75) is 32.7 Å². The Morgan fingerprint density at radius 1 is 1.27 bits per heavy atom. The van der Waals surface area contributed by atoms with E-state index in [9.17, 15) is 0 Å². The summed E-state index contributed by atoms with van der Waals surface area (Å²) >= 11 is 0. The quantitative estimate of drug-likeness (QED) is 0.786. The molecule has 2 heterocycles. The minimum Gasteiger partial charge on any atom is -0.338 e. The number of hydrogen-bond donors (Lipinski definition) is 0. The van der Waals surface area contributed by atoms with E-state index in [2.05, 4.69) is 39.0 Å². The van der Waals surface area contributed by atoms with Gasteiger partial charge in [-0.2, -0.15) is 15.5 Å². The van der Waals surface area contributed by atoms with Gasteiger partial charge in [-0.25, -0.2) is 0 Å². The molecule has 118 valence electrons. The van der Waals surface area contributed by atoms with E-state index in [1.165, 1.54) is 0 Å². The summed E-state index contributed by atoms with van der Waals surface area (Å²) < 4.78 is 5.24. The van der Waals surface area contributed by atoms with Crippen LogP contribution in [-0.2, 0) is 0 Å². The molecule has 1 aromatic rings. The van der Waals surface area contributed by atoms with Crippen molar-refractivity contribution in [1.29, 1.82) is 10.5 Å². The van der Waals surface area contributed by atoms with Crippen molar-refractivity contribution in [2.75, 3.05) is 32.7 Å². The van der Waals surface area contributed by atoms with E-state index >= 15 is 0 Å². The lowest BCUT2D eigenvalue weighted by Crippen LogP contribution is -2.48. The molecule has 1 aliphatic heterocycles. The molecule has 7 nitrogen and oxygen atoms in total. The molecule has 0 unspecified atom stereocenters. The van der Waals surface area contributed by atoms with Crippen LogP contribution in [0.1, 0.15) is 37.5 Å². The van der Waals surface area contributed by atoms with Crippen LogP contribution >= 0.6 is 0 Å². The Balaban J connectivity index is 1.80. The fourth-order valence-corrected chi connectivity index (χ4v) is 2.72. The zero-order chi connectivity index (χ0) is 15.9. The maximum atomic E-state index is 9.15. The van der Waals surface area contributed by atoms with Crippen molar-refractivity contribution in [2.24, 2.45) is 5.92 Å². The third-order valence-electron chi connectivity index (χ3n) is 4.12. The number of aromatic nitrogens is 2. The predicted octanol–water partition coefficient (Wildman–Crippen LogP) is 1.50. The number of nitriles is 2. The van der Waals surface area contributed by atoms with Crippen LogP contribution in [0.4, 0.5) is 0 Å². The fraction of sp³-hybridized carbons (Fsp3) is 0.733. The molecule has 2 atom stereocenters. The Hall–Kier alpha value is -1.96. The standard InChI is InChI=1S/C15H22N6O/c1-12(15-18-13(2)19-22-15)21-8-6-20(7-9-21)11-14(10-17)4-3-5-16/h12,14H,3-4,6-9,11H2,1-2H3/t12-,14-/m1/s1. The average Bonchev–Trinajstić information content (AvgIpc) is 2.98. The second-order valence-electron chi connectivity index (χ2n) is 5.72. The maximum absolute atomic E-state index is 9.15. The van der Waals surface area contributed by atoms with E-state index in [-0.39, 0.29) is 12.0 Å². The average molecular weight is 302 g/mol. The Morgan fingerprint density at radius 2 is 2.00 bits per heavy atom. The molecule has 2 rings (SSSR count). The summed E-state index contributed by atoms with van der Waals surface area (Å²) in [6.45, 7) is 8.32. The van der Waals surface area contributed by atoms with E-state index in [1.54, 1.807) is 0 Å². The third kappa shape index (κ3) is 4.27. The van der Waals surface area contributed by atoms with Crippen LogP contribution in [0, 0.1) is 35.5 Å². The first-order valence-corrected chi connectivity index (χ1v) is 7.67. The first-order valence-electron chi connectivity index (χ1n) is 7.67. The van der Waals surface area contributed by atoms with Crippen molar-refractivity contribution >= 4 is 0 Å². The molecular formula is C15H22N6O. The Kier molecular flexibility index (Phi) is 5.88. The lowest BCUT2D eigenvalue weighted by molar-refractivity contribution is 0.0828. The van der Waals surface area contributed by atoms with Crippen molar-refractivity contribution < 1.29 is 4.52 Å². The molecule has 0 N–H and O–H groups in total. The molecule has 0 aromatic carbocycles. The lowest BCUT2D eigenvalue weighted by Gasteiger charge is -2.37. The van der Waals surface area contributed by atoms with Gasteiger partial charge in [-0.05, 0) is 20.3 Å². The van der Waals surface area contributed by atoms with Crippen LogP contribution in [0.5, 0.6) is 0 Å². The van der Waals surface area contributed by atoms with Crippen LogP contribution in [0.25, 0.3) is 0 Å². The number of nitrogens with zero attached hydrogens (tertiary/aromatic N) is 6. The van der Waals surface area contributed by atoms with E-state index in [1.807, 2.05) is 6.92 Å². The number of piperazine rings is 1. The zero-order valence-corrected chi connectivity index (χ0v) is 13.2. The zero-order valence-electron chi connectivity index (χ0n) is 13.2. The molecule has 0 bridgehead atoms. The van der Waals surface area contributed by atoms with Crippen LogP contribution in [0.15, 0.2) is 4.52 Å². The summed E-state index contributed by atoms with van der Waals surface area (Å²) in [4.78, 5) is 8.91. The topological polar surface area (TPSA) is 93.0 Å². The van der Waals surface area contributed by atoms with Gasteiger partial charge in [-0.15, -0.1) is 0 Å². The van der Waals surface area contributed by atoms with E-state index in [0.29, 0.717) is 24.6 Å². The Morgan fingerprint density at radius 3 is 2.55 bits per heavy atom. The van der Waals surface area contributed by atoms with Gasteiger partial charge in [-0.3, -0.25) is 9.80 Å². The van der Waals surface area contributed by atoms with Gasteiger partial charge in [0.05, 0.1) is 24.1 Å². The van der Waals surface area contributed by atoms with Gasteiger partial charge in [-0.1, -0.05) is 5.16 Å². The summed E-state index contributed by atoms with van der Waals surface area (Å²) in [7, 11) is 0. The molecule has 0 spiro atoms. The minimum absolute atomic E-state index is 0.0535. The first kappa shape index (κ1) is 16.4. The Labute approximate surface area is 131 Å². The minimum atomic E-state index is -0.0535. The summed E-state index contributed by atoms with van der Waals surface area (Å²) in [6.07, 6.45) is 1.11. The third-order valence-corrected chi connectivity index (χ3v) is 4.12. The van der Waals surface area contributed by atoms with Gasteiger partial charge >= 0.3 is 0 Å². The number of hydrogen-bond acceptors (Lipinski definition) is 7. The maximum Gasteiger partial charge on any atom is 0.243 e. The van der Waals surface area contributed by atoms with Gasteiger partial charge in [0, 0.05) is 39.1 Å².